The van der Waals surface area contributed by atoms with E-state index in [9.17, 15) is 33.0 Å². The van der Waals surface area contributed by atoms with Gasteiger partial charge in [0.1, 0.15) is 11.5 Å². The van der Waals surface area contributed by atoms with Gasteiger partial charge < -0.3 is 9.47 Å². The summed E-state index contributed by atoms with van der Waals surface area (Å²) in [6, 6.07) is 6.00. The number of ether oxygens (including phenoxy) is 2. The molecule has 0 fully saturated rings. The summed E-state index contributed by atoms with van der Waals surface area (Å²) < 4.78 is 48.4. The van der Waals surface area contributed by atoms with Gasteiger partial charge in [-0.3, -0.25) is 10.1 Å². The molecule has 31 heavy (non-hydrogen) atoms. The van der Waals surface area contributed by atoms with Crippen LogP contribution in [-0.2, 0) is 15.7 Å². The average Bonchev–Trinajstić information content (AvgIpc) is 2.69. The van der Waals surface area contributed by atoms with E-state index in [1.807, 2.05) is 0 Å². The van der Waals surface area contributed by atoms with Crippen LogP contribution in [0.3, 0.4) is 0 Å². The summed E-state index contributed by atoms with van der Waals surface area (Å²) in [7, 11) is 0. The molecule has 0 amide bonds. The Bertz CT molecular complexity index is 1010. The molecule has 2 aromatic rings. The Morgan fingerprint density at radius 2 is 1.97 bits per heavy atom. The van der Waals surface area contributed by atoms with E-state index >= 15 is 0 Å². The average molecular weight is 459 g/mol. The molecule has 0 bridgehead atoms. The van der Waals surface area contributed by atoms with Crippen LogP contribution in [0, 0.1) is 15.0 Å². The minimum Gasteiger partial charge on any atom is -0.456 e. The lowest BCUT2D eigenvalue weighted by molar-refractivity contribution is -0.572. The lowest BCUT2D eigenvalue weighted by Crippen LogP contribution is -2.31. The van der Waals surface area contributed by atoms with Crippen molar-refractivity contribution < 1.29 is 32.4 Å². The van der Waals surface area contributed by atoms with Crippen LogP contribution >= 0.6 is 11.6 Å². The van der Waals surface area contributed by atoms with Crippen LogP contribution in [0.15, 0.2) is 59.8 Å². The van der Waals surface area contributed by atoms with Crippen molar-refractivity contribution in [1.29, 1.82) is 0 Å². The van der Waals surface area contributed by atoms with E-state index in [1.54, 1.807) is 0 Å². The molecule has 2 atom stereocenters. The third-order valence-corrected chi connectivity index (χ3v) is 4.11. The maximum Gasteiger partial charge on any atom is 0.416 e. The van der Waals surface area contributed by atoms with E-state index in [0.29, 0.717) is 6.07 Å². The van der Waals surface area contributed by atoms with Crippen LogP contribution in [-0.4, -0.2) is 17.1 Å². The molecule has 0 radical (unpaired) electrons. The SMILES string of the molecule is CC=CC(=O)OC(C(N=O)c1cccc(Oc2ccc(C(F)(F)F)cc2Cl)c1)[N+](=O)[O-]. The van der Waals surface area contributed by atoms with Crippen molar-refractivity contribution in [1.82, 2.24) is 0 Å². The minimum atomic E-state index is -4.59. The molecule has 0 spiro atoms. The van der Waals surface area contributed by atoms with Gasteiger partial charge in [0.2, 0.25) is 6.04 Å². The number of allylic oxidation sites excluding steroid dienone is 1. The maximum absolute atomic E-state index is 12.8. The highest BCUT2D eigenvalue weighted by atomic mass is 35.5. The first kappa shape index (κ1) is 23.8. The molecule has 0 aliphatic rings. The fourth-order valence-corrected chi connectivity index (χ4v) is 2.66. The van der Waals surface area contributed by atoms with Crippen LogP contribution in [0.4, 0.5) is 13.2 Å². The number of nitrogens with zero attached hydrogens (tertiary/aromatic N) is 2. The number of nitroso groups, excluding NO2 is 1. The predicted octanol–water partition coefficient (Wildman–Crippen LogP) is 5.68. The Morgan fingerprint density at radius 1 is 1.26 bits per heavy atom. The molecule has 164 valence electrons. The quantitative estimate of drug-likeness (QED) is 0.126. The van der Waals surface area contributed by atoms with Gasteiger partial charge in [-0.2, -0.15) is 13.2 Å². The molecular formula is C19H14ClF3N2O6. The zero-order valence-corrected chi connectivity index (χ0v) is 16.5. The first-order valence-corrected chi connectivity index (χ1v) is 8.88. The van der Waals surface area contributed by atoms with Gasteiger partial charge in [-0.15, -0.1) is 4.91 Å². The second-order valence-electron chi connectivity index (χ2n) is 5.98. The monoisotopic (exact) mass is 458 g/mol. The summed E-state index contributed by atoms with van der Waals surface area (Å²) in [5.74, 6) is -1.15. The van der Waals surface area contributed by atoms with E-state index in [1.165, 1.54) is 37.3 Å². The van der Waals surface area contributed by atoms with Crippen LogP contribution < -0.4 is 4.74 Å². The lowest BCUT2D eigenvalue weighted by Gasteiger charge is -2.16. The smallest absolute Gasteiger partial charge is 0.416 e. The fraction of sp³-hybridized carbons (Fsp3) is 0.211. The molecule has 0 aliphatic carbocycles. The molecular weight excluding hydrogens is 445 g/mol. The van der Waals surface area contributed by atoms with Gasteiger partial charge in [0, 0.05) is 6.08 Å². The Balaban J connectivity index is 2.31. The summed E-state index contributed by atoms with van der Waals surface area (Å²) >= 11 is 5.85. The molecule has 0 aromatic heterocycles. The number of hydrogen-bond acceptors (Lipinski definition) is 7. The van der Waals surface area contributed by atoms with E-state index < -0.39 is 34.9 Å². The van der Waals surface area contributed by atoms with E-state index in [-0.39, 0.29) is 22.1 Å². The van der Waals surface area contributed by atoms with Crippen LogP contribution in [0.1, 0.15) is 24.1 Å². The van der Waals surface area contributed by atoms with Crippen molar-refractivity contribution in [2.24, 2.45) is 5.18 Å². The van der Waals surface area contributed by atoms with Gasteiger partial charge in [-0.05, 0) is 48.0 Å². The van der Waals surface area contributed by atoms with Crippen molar-refractivity contribution >= 4 is 17.6 Å². The van der Waals surface area contributed by atoms with Crippen molar-refractivity contribution in [2.45, 2.75) is 25.4 Å². The van der Waals surface area contributed by atoms with Crippen molar-refractivity contribution in [3.8, 4) is 11.5 Å². The zero-order chi connectivity index (χ0) is 23.2. The highest BCUT2D eigenvalue weighted by Crippen LogP contribution is 2.37. The number of benzene rings is 2. The highest BCUT2D eigenvalue weighted by molar-refractivity contribution is 6.32. The van der Waals surface area contributed by atoms with Gasteiger partial charge in [-0.1, -0.05) is 29.8 Å². The third kappa shape index (κ3) is 6.25. The summed E-state index contributed by atoms with van der Waals surface area (Å²) in [5, 5.41) is 13.7. The first-order valence-electron chi connectivity index (χ1n) is 8.50. The molecule has 0 saturated heterocycles. The van der Waals surface area contributed by atoms with Crippen molar-refractivity contribution in [3.05, 3.63) is 85.8 Å². The number of esters is 1. The standard InChI is InChI=1S/C19H14ClF3N2O6/c1-2-4-16(26)31-18(25(28)29)17(24-27)11-5-3-6-13(9-11)30-15-8-7-12(10-14(15)20)19(21,22)23/h2-10,17-18H,1H3. The topological polar surface area (TPSA) is 108 Å². The summed E-state index contributed by atoms with van der Waals surface area (Å²) in [6.07, 6.45) is -4.46. The van der Waals surface area contributed by atoms with E-state index in [2.05, 4.69) is 5.18 Å². The van der Waals surface area contributed by atoms with Crippen LogP contribution in [0.25, 0.3) is 0 Å². The fourth-order valence-electron chi connectivity index (χ4n) is 2.44. The number of halogens is 4. The minimum absolute atomic E-state index is 0.00897. The molecule has 2 aromatic carbocycles. The molecule has 0 heterocycles. The zero-order valence-electron chi connectivity index (χ0n) is 15.7. The number of alkyl halides is 3. The number of nitro groups is 1. The number of hydrogen-bond donors (Lipinski definition) is 0. The molecule has 12 heteroatoms. The Kier molecular flexibility index (Phi) is 7.70. The van der Waals surface area contributed by atoms with Gasteiger partial charge in [0.05, 0.1) is 15.5 Å². The molecule has 2 unspecified atom stereocenters. The Hall–Kier alpha value is -3.47. The van der Waals surface area contributed by atoms with E-state index in [4.69, 9.17) is 21.1 Å². The van der Waals surface area contributed by atoms with E-state index in [0.717, 1.165) is 18.2 Å². The number of rotatable bonds is 8. The van der Waals surface area contributed by atoms with Crippen LogP contribution in [0.5, 0.6) is 11.5 Å². The van der Waals surface area contributed by atoms with Gasteiger partial charge in [-0.25, -0.2) is 4.79 Å². The summed E-state index contributed by atoms with van der Waals surface area (Å²) in [5.41, 5.74) is -0.994. The largest absolute Gasteiger partial charge is 0.456 e. The molecule has 8 nitrogen and oxygen atoms in total. The second-order valence-corrected chi connectivity index (χ2v) is 6.39. The molecule has 0 aliphatic heterocycles. The summed E-state index contributed by atoms with van der Waals surface area (Å²) in [6.45, 7) is 1.49. The molecule has 2 rings (SSSR count). The first-order chi connectivity index (χ1) is 14.6. The second kappa shape index (κ2) is 10.0. The molecule has 0 N–H and O–H groups in total. The Morgan fingerprint density at radius 3 is 2.52 bits per heavy atom. The maximum atomic E-state index is 12.8. The summed E-state index contributed by atoms with van der Waals surface area (Å²) in [4.78, 5) is 33.2. The third-order valence-electron chi connectivity index (χ3n) is 3.82. The highest BCUT2D eigenvalue weighted by Gasteiger charge is 2.38. The number of carbonyl (C=O) groups is 1. The normalized spacial score (nSPS) is 13.5. The Labute approximate surface area is 178 Å². The van der Waals surface area contributed by atoms with Crippen molar-refractivity contribution in [3.63, 3.8) is 0 Å². The number of carbonyl (C=O) groups excluding carboxylic acids is 1. The van der Waals surface area contributed by atoms with Gasteiger partial charge in [0.15, 0.2) is 0 Å². The predicted molar refractivity (Wildman–Crippen MR) is 103 cm³/mol. The van der Waals surface area contributed by atoms with Gasteiger partial charge >= 0.3 is 18.4 Å². The van der Waals surface area contributed by atoms with Gasteiger partial charge in [0.25, 0.3) is 0 Å². The van der Waals surface area contributed by atoms with Crippen LogP contribution in [0.2, 0.25) is 5.02 Å². The molecule has 0 saturated carbocycles. The lowest BCUT2D eigenvalue weighted by atomic mass is 10.1. The van der Waals surface area contributed by atoms with Crippen molar-refractivity contribution in [2.75, 3.05) is 0 Å².